The highest BCUT2D eigenvalue weighted by Crippen LogP contribution is 2.25. The van der Waals surface area contributed by atoms with Gasteiger partial charge in [-0.3, -0.25) is 4.79 Å². The molecule has 2 rings (SSSR count). The van der Waals surface area contributed by atoms with Crippen molar-refractivity contribution in [2.45, 2.75) is 12.3 Å². The highest BCUT2D eigenvalue weighted by molar-refractivity contribution is 6.34. The second kappa shape index (κ2) is 7.04. The summed E-state index contributed by atoms with van der Waals surface area (Å²) in [6.07, 6.45) is 0. The third-order valence-corrected chi connectivity index (χ3v) is 3.43. The minimum absolute atomic E-state index is 0.242. The first-order valence-corrected chi connectivity index (χ1v) is 7.07. The first kappa shape index (κ1) is 15.3. The lowest BCUT2D eigenvalue weighted by molar-refractivity contribution is 0.0526. The van der Waals surface area contributed by atoms with Crippen molar-refractivity contribution in [1.82, 2.24) is 0 Å². The van der Waals surface area contributed by atoms with E-state index >= 15 is 0 Å². The SMILES string of the molecule is CCOC(=O)c1cccc(C(=O)C(Cl)c2ccccc2)c1. The lowest BCUT2D eigenvalue weighted by atomic mass is 10.0. The Morgan fingerprint density at radius 3 is 2.38 bits per heavy atom. The number of carbonyl (C=O) groups is 2. The van der Waals surface area contributed by atoms with Gasteiger partial charge in [0.2, 0.25) is 0 Å². The van der Waals surface area contributed by atoms with Gasteiger partial charge in [-0.2, -0.15) is 0 Å². The molecular weight excluding hydrogens is 288 g/mol. The fraction of sp³-hybridized carbons (Fsp3) is 0.176. The van der Waals surface area contributed by atoms with Crippen molar-refractivity contribution in [2.24, 2.45) is 0 Å². The second-order valence-corrected chi connectivity index (χ2v) is 4.88. The van der Waals surface area contributed by atoms with Gasteiger partial charge in [0.25, 0.3) is 0 Å². The molecule has 0 radical (unpaired) electrons. The van der Waals surface area contributed by atoms with Crippen LogP contribution >= 0.6 is 11.6 Å². The van der Waals surface area contributed by atoms with E-state index in [0.29, 0.717) is 17.7 Å². The standard InChI is InChI=1S/C17H15ClO3/c1-2-21-17(20)14-10-6-9-13(11-14)16(19)15(18)12-7-4-3-5-8-12/h3-11,15H,2H2,1H3. The Labute approximate surface area is 128 Å². The highest BCUT2D eigenvalue weighted by Gasteiger charge is 2.20. The molecule has 1 atom stereocenters. The highest BCUT2D eigenvalue weighted by atomic mass is 35.5. The number of hydrogen-bond donors (Lipinski definition) is 0. The maximum Gasteiger partial charge on any atom is 0.338 e. The van der Waals surface area contributed by atoms with Crippen molar-refractivity contribution in [1.29, 1.82) is 0 Å². The van der Waals surface area contributed by atoms with Crippen LogP contribution < -0.4 is 0 Å². The van der Waals surface area contributed by atoms with Gasteiger partial charge in [0.05, 0.1) is 12.2 Å². The summed E-state index contributed by atoms with van der Waals surface area (Å²) in [6, 6.07) is 15.5. The van der Waals surface area contributed by atoms with Crippen LogP contribution in [0.1, 0.15) is 38.6 Å². The van der Waals surface area contributed by atoms with E-state index in [9.17, 15) is 9.59 Å². The van der Waals surface area contributed by atoms with Crippen molar-refractivity contribution in [3.05, 3.63) is 71.3 Å². The number of ketones is 1. The summed E-state index contributed by atoms with van der Waals surface area (Å²) in [7, 11) is 0. The number of hydrogen-bond acceptors (Lipinski definition) is 3. The van der Waals surface area contributed by atoms with Gasteiger partial charge in [-0.15, -0.1) is 11.6 Å². The Kier molecular flexibility index (Phi) is 5.12. The molecule has 108 valence electrons. The van der Waals surface area contributed by atoms with Gasteiger partial charge in [-0.05, 0) is 24.6 Å². The molecule has 0 aliphatic rings. The molecule has 0 fully saturated rings. The zero-order valence-corrected chi connectivity index (χ0v) is 12.3. The zero-order chi connectivity index (χ0) is 15.2. The summed E-state index contributed by atoms with van der Waals surface area (Å²) < 4.78 is 4.92. The van der Waals surface area contributed by atoms with Gasteiger partial charge in [-0.25, -0.2) is 4.79 Å². The molecule has 0 aromatic heterocycles. The Balaban J connectivity index is 2.23. The van der Waals surface area contributed by atoms with E-state index in [1.165, 1.54) is 6.07 Å². The summed E-state index contributed by atoms with van der Waals surface area (Å²) in [5, 5.41) is -0.774. The van der Waals surface area contributed by atoms with Gasteiger partial charge >= 0.3 is 5.97 Å². The quantitative estimate of drug-likeness (QED) is 0.476. The number of halogens is 1. The topological polar surface area (TPSA) is 43.4 Å². The van der Waals surface area contributed by atoms with Crippen LogP contribution in [0, 0.1) is 0 Å². The maximum atomic E-state index is 12.4. The Morgan fingerprint density at radius 1 is 1.05 bits per heavy atom. The number of alkyl halides is 1. The smallest absolute Gasteiger partial charge is 0.338 e. The van der Waals surface area contributed by atoms with Crippen LogP contribution in [0.2, 0.25) is 0 Å². The van der Waals surface area contributed by atoms with Gasteiger partial charge < -0.3 is 4.74 Å². The normalized spacial score (nSPS) is 11.7. The van der Waals surface area contributed by atoms with E-state index in [1.54, 1.807) is 37.3 Å². The fourth-order valence-electron chi connectivity index (χ4n) is 1.93. The Hall–Kier alpha value is -2.13. The molecule has 0 heterocycles. The lowest BCUT2D eigenvalue weighted by Gasteiger charge is -2.10. The molecule has 0 aliphatic heterocycles. The van der Waals surface area contributed by atoms with Gasteiger partial charge in [0, 0.05) is 5.56 Å². The third-order valence-electron chi connectivity index (χ3n) is 2.98. The fourth-order valence-corrected chi connectivity index (χ4v) is 2.21. The van der Waals surface area contributed by atoms with E-state index in [2.05, 4.69) is 0 Å². The molecule has 4 heteroatoms. The molecule has 3 nitrogen and oxygen atoms in total. The van der Waals surface area contributed by atoms with Crippen LogP contribution in [0.25, 0.3) is 0 Å². The van der Waals surface area contributed by atoms with Crippen molar-refractivity contribution in [3.63, 3.8) is 0 Å². The minimum Gasteiger partial charge on any atom is -0.462 e. The minimum atomic E-state index is -0.774. The number of ether oxygens (including phenoxy) is 1. The first-order chi connectivity index (χ1) is 10.1. The molecule has 2 aromatic carbocycles. The van der Waals surface area contributed by atoms with Gasteiger partial charge in [0.15, 0.2) is 5.78 Å². The molecule has 0 spiro atoms. The van der Waals surface area contributed by atoms with Gasteiger partial charge in [0.1, 0.15) is 5.38 Å². The Morgan fingerprint density at radius 2 is 1.71 bits per heavy atom. The predicted molar refractivity (Wildman–Crippen MR) is 81.8 cm³/mol. The zero-order valence-electron chi connectivity index (χ0n) is 11.6. The average Bonchev–Trinajstić information content (AvgIpc) is 2.54. The van der Waals surface area contributed by atoms with Crippen molar-refractivity contribution in [2.75, 3.05) is 6.61 Å². The predicted octanol–water partition coefficient (Wildman–Crippen LogP) is 4.03. The van der Waals surface area contributed by atoms with Crippen LogP contribution in [-0.4, -0.2) is 18.4 Å². The largest absolute Gasteiger partial charge is 0.462 e. The Bertz CT molecular complexity index is 637. The molecule has 0 aliphatic carbocycles. The van der Waals surface area contributed by atoms with Crippen LogP contribution in [0.4, 0.5) is 0 Å². The third kappa shape index (κ3) is 3.70. The molecule has 2 aromatic rings. The molecule has 0 amide bonds. The number of rotatable bonds is 5. The molecular formula is C17H15ClO3. The maximum absolute atomic E-state index is 12.4. The monoisotopic (exact) mass is 302 g/mol. The molecule has 21 heavy (non-hydrogen) atoms. The lowest BCUT2D eigenvalue weighted by Crippen LogP contribution is -2.10. The van der Waals surface area contributed by atoms with Crippen LogP contribution in [-0.2, 0) is 4.74 Å². The summed E-state index contributed by atoms with van der Waals surface area (Å²) in [6.45, 7) is 2.02. The van der Waals surface area contributed by atoms with E-state index in [0.717, 1.165) is 5.56 Å². The van der Waals surface area contributed by atoms with E-state index in [4.69, 9.17) is 16.3 Å². The van der Waals surface area contributed by atoms with Crippen molar-refractivity contribution >= 4 is 23.4 Å². The summed E-state index contributed by atoms with van der Waals surface area (Å²) >= 11 is 6.22. The molecule has 0 saturated heterocycles. The van der Waals surface area contributed by atoms with Crippen LogP contribution in [0.5, 0.6) is 0 Å². The molecule has 1 unspecified atom stereocenters. The average molecular weight is 303 g/mol. The molecule has 0 saturated carbocycles. The number of Topliss-reactive ketones (excluding diaryl/α,β-unsaturated/α-hetero) is 1. The van der Waals surface area contributed by atoms with Crippen LogP contribution in [0.3, 0.4) is 0 Å². The molecule has 0 bridgehead atoms. The summed E-state index contributed by atoms with van der Waals surface area (Å²) in [5.41, 5.74) is 1.47. The van der Waals surface area contributed by atoms with E-state index in [1.807, 2.05) is 18.2 Å². The number of benzene rings is 2. The molecule has 0 N–H and O–H groups in total. The van der Waals surface area contributed by atoms with Crippen molar-refractivity contribution in [3.8, 4) is 0 Å². The van der Waals surface area contributed by atoms with Crippen molar-refractivity contribution < 1.29 is 14.3 Å². The van der Waals surface area contributed by atoms with E-state index in [-0.39, 0.29) is 5.78 Å². The summed E-state index contributed by atoms with van der Waals surface area (Å²) in [4.78, 5) is 24.1. The second-order valence-electron chi connectivity index (χ2n) is 4.44. The number of esters is 1. The van der Waals surface area contributed by atoms with Crippen LogP contribution in [0.15, 0.2) is 54.6 Å². The number of carbonyl (C=O) groups excluding carboxylic acids is 2. The van der Waals surface area contributed by atoms with E-state index < -0.39 is 11.3 Å². The van der Waals surface area contributed by atoms with Gasteiger partial charge in [-0.1, -0.05) is 42.5 Å². The first-order valence-electron chi connectivity index (χ1n) is 6.64. The summed E-state index contributed by atoms with van der Waals surface area (Å²) in [5.74, 6) is -0.688.